The molecule has 3 heteroatoms. The van der Waals surface area contributed by atoms with Crippen LogP contribution in [-0.2, 0) is 6.54 Å². The molecule has 0 aliphatic rings. The number of hydrogen-bond donors (Lipinski definition) is 1. The standard InChI is InChI=1S/C16H21N3/c1-15(12-16-6-3-2-4-7-16)13-17-8-5-10-19-11-9-18-14-19/h2-4,6-7,9,11-12,14,17H,5,8,10,13H2,1H3. The molecule has 0 fully saturated rings. The van der Waals surface area contributed by atoms with Gasteiger partial charge in [0.2, 0.25) is 0 Å². The molecule has 1 heterocycles. The lowest BCUT2D eigenvalue weighted by molar-refractivity contribution is 0.596. The molecule has 1 aromatic carbocycles. The highest BCUT2D eigenvalue weighted by atomic mass is 15.0. The van der Waals surface area contributed by atoms with Gasteiger partial charge in [-0.05, 0) is 25.5 Å². The molecule has 1 aromatic heterocycles. The Morgan fingerprint density at radius 2 is 2.16 bits per heavy atom. The molecule has 0 radical (unpaired) electrons. The zero-order chi connectivity index (χ0) is 13.3. The highest BCUT2D eigenvalue weighted by molar-refractivity contribution is 5.52. The summed E-state index contributed by atoms with van der Waals surface area (Å²) >= 11 is 0. The Morgan fingerprint density at radius 1 is 1.32 bits per heavy atom. The smallest absolute Gasteiger partial charge is 0.0945 e. The van der Waals surface area contributed by atoms with Crippen LogP contribution < -0.4 is 5.32 Å². The molecule has 0 saturated heterocycles. The Balaban J connectivity index is 1.64. The number of nitrogens with one attached hydrogen (secondary N) is 1. The second-order valence-corrected chi connectivity index (χ2v) is 4.73. The summed E-state index contributed by atoms with van der Waals surface area (Å²) < 4.78 is 2.11. The van der Waals surface area contributed by atoms with E-state index >= 15 is 0 Å². The van der Waals surface area contributed by atoms with Crippen molar-refractivity contribution in [3.63, 3.8) is 0 Å². The van der Waals surface area contributed by atoms with Crippen molar-refractivity contribution in [2.75, 3.05) is 13.1 Å². The van der Waals surface area contributed by atoms with Gasteiger partial charge in [-0.25, -0.2) is 4.98 Å². The van der Waals surface area contributed by atoms with Crippen LogP contribution >= 0.6 is 0 Å². The molecule has 0 atom stereocenters. The lowest BCUT2D eigenvalue weighted by Crippen LogP contribution is -2.18. The van der Waals surface area contributed by atoms with Gasteiger partial charge >= 0.3 is 0 Å². The molecule has 2 rings (SSSR count). The van der Waals surface area contributed by atoms with Crippen LogP contribution in [0.3, 0.4) is 0 Å². The molecule has 100 valence electrons. The normalized spacial score (nSPS) is 11.7. The SMILES string of the molecule is CC(=Cc1ccccc1)CNCCCn1ccnc1. The lowest BCUT2D eigenvalue weighted by Gasteiger charge is -2.06. The predicted molar refractivity (Wildman–Crippen MR) is 79.8 cm³/mol. The molecule has 1 N–H and O–H groups in total. The van der Waals surface area contributed by atoms with Gasteiger partial charge in [0.1, 0.15) is 0 Å². The highest BCUT2D eigenvalue weighted by Gasteiger charge is 1.93. The maximum Gasteiger partial charge on any atom is 0.0945 e. The van der Waals surface area contributed by atoms with Crippen LogP contribution in [0.15, 0.2) is 54.6 Å². The maximum absolute atomic E-state index is 4.03. The molecule has 0 aliphatic carbocycles. The predicted octanol–water partition coefficient (Wildman–Crippen LogP) is 2.97. The summed E-state index contributed by atoms with van der Waals surface area (Å²) in [5.74, 6) is 0. The van der Waals surface area contributed by atoms with Crippen molar-refractivity contribution in [1.29, 1.82) is 0 Å². The van der Waals surface area contributed by atoms with Gasteiger partial charge in [-0.15, -0.1) is 0 Å². The molecule has 0 spiro atoms. The van der Waals surface area contributed by atoms with Gasteiger partial charge in [0, 0.05) is 25.5 Å². The third-order valence-corrected chi connectivity index (χ3v) is 2.95. The zero-order valence-corrected chi connectivity index (χ0v) is 11.4. The van der Waals surface area contributed by atoms with Crippen LogP contribution in [0.2, 0.25) is 0 Å². The maximum atomic E-state index is 4.03. The van der Waals surface area contributed by atoms with Crippen LogP contribution in [-0.4, -0.2) is 22.6 Å². The van der Waals surface area contributed by atoms with Crippen LogP contribution in [0.5, 0.6) is 0 Å². The summed E-state index contributed by atoms with van der Waals surface area (Å²) in [6.45, 7) is 5.15. The third-order valence-electron chi connectivity index (χ3n) is 2.95. The quantitative estimate of drug-likeness (QED) is 0.771. The number of rotatable bonds is 7. The number of benzene rings is 1. The van der Waals surface area contributed by atoms with E-state index in [0.29, 0.717) is 0 Å². The number of hydrogen-bond acceptors (Lipinski definition) is 2. The van der Waals surface area contributed by atoms with Crippen molar-refractivity contribution in [3.05, 3.63) is 60.2 Å². The summed E-state index contributed by atoms with van der Waals surface area (Å²) in [5, 5.41) is 3.47. The number of aromatic nitrogens is 2. The van der Waals surface area contributed by atoms with E-state index in [-0.39, 0.29) is 0 Å². The van der Waals surface area contributed by atoms with Gasteiger partial charge in [-0.2, -0.15) is 0 Å². The monoisotopic (exact) mass is 255 g/mol. The van der Waals surface area contributed by atoms with Crippen LogP contribution in [0.25, 0.3) is 6.08 Å². The van der Waals surface area contributed by atoms with Gasteiger partial charge in [0.15, 0.2) is 0 Å². The summed E-state index contributed by atoms with van der Waals surface area (Å²) in [4.78, 5) is 4.03. The van der Waals surface area contributed by atoms with Crippen molar-refractivity contribution in [2.24, 2.45) is 0 Å². The molecule has 0 saturated carbocycles. The number of imidazole rings is 1. The third kappa shape index (κ3) is 5.10. The fourth-order valence-electron chi connectivity index (χ4n) is 1.98. The Bertz CT molecular complexity index is 486. The molecule has 2 aromatic rings. The first kappa shape index (κ1) is 13.6. The highest BCUT2D eigenvalue weighted by Crippen LogP contribution is 2.05. The Morgan fingerprint density at radius 3 is 2.89 bits per heavy atom. The first-order chi connectivity index (χ1) is 9.34. The van der Waals surface area contributed by atoms with Gasteiger partial charge in [-0.3, -0.25) is 0 Å². The van der Waals surface area contributed by atoms with Gasteiger partial charge in [0.05, 0.1) is 6.33 Å². The van der Waals surface area contributed by atoms with Crippen LogP contribution in [0.1, 0.15) is 18.9 Å². The largest absolute Gasteiger partial charge is 0.337 e. The summed E-state index contributed by atoms with van der Waals surface area (Å²) in [6, 6.07) is 10.4. The Hall–Kier alpha value is -1.87. The minimum atomic E-state index is 0.943. The minimum Gasteiger partial charge on any atom is -0.337 e. The van der Waals surface area contributed by atoms with Crippen molar-refractivity contribution >= 4 is 6.08 Å². The van der Waals surface area contributed by atoms with Crippen molar-refractivity contribution in [2.45, 2.75) is 19.9 Å². The summed E-state index contributed by atoms with van der Waals surface area (Å²) in [5.41, 5.74) is 2.62. The lowest BCUT2D eigenvalue weighted by atomic mass is 10.1. The van der Waals surface area contributed by atoms with Gasteiger partial charge in [-0.1, -0.05) is 42.0 Å². The van der Waals surface area contributed by atoms with E-state index in [1.165, 1.54) is 11.1 Å². The topological polar surface area (TPSA) is 29.9 Å². The fourth-order valence-corrected chi connectivity index (χ4v) is 1.98. The fraction of sp³-hybridized carbons (Fsp3) is 0.312. The second kappa shape index (κ2) is 7.54. The Kier molecular flexibility index (Phi) is 5.38. The average Bonchev–Trinajstić information content (AvgIpc) is 2.92. The molecule has 0 aliphatic heterocycles. The summed E-state index contributed by atoms with van der Waals surface area (Å²) in [7, 11) is 0. The first-order valence-corrected chi connectivity index (χ1v) is 6.73. The van der Waals surface area contributed by atoms with E-state index in [0.717, 1.165) is 26.1 Å². The molecule has 0 amide bonds. The molecular weight excluding hydrogens is 234 g/mol. The average molecular weight is 255 g/mol. The zero-order valence-electron chi connectivity index (χ0n) is 11.4. The van der Waals surface area contributed by atoms with Crippen molar-refractivity contribution in [3.8, 4) is 0 Å². The van der Waals surface area contributed by atoms with Gasteiger partial charge < -0.3 is 9.88 Å². The van der Waals surface area contributed by atoms with E-state index in [2.05, 4.69) is 52.1 Å². The van der Waals surface area contributed by atoms with E-state index in [9.17, 15) is 0 Å². The molecule has 0 unspecified atom stereocenters. The molecule has 19 heavy (non-hydrogen) atoms. The number of nitrogens with zero attached hydrogens (tertiary/aromatic N) is 2. The number of aryl methyl sites for hydroxylation is 1. The van der Waals surface area contributed by atoms with Crippen LogP contribution in [0.4, 0.5) is 0 Å². The Labute approximate surface area is 115 Å². The van der Waals surface area contributed by atoms with E-state index < -0.39 is 0 Å². The molecule has 0 bridgehead atoms. The summed E-state index contributed by atoms with van der Waals surface area (Å²) in [6.07, 6.45) is 9.03. The second-order valence-electron chi connectivity index (χ2n) is 4.73. The van der Waals surface area contributed by atoms with Crippen LogP contribution in [0, 0.1) is 0 Å². The first-order valence-electron chi connectivity index (χ1n) is 6.73. The van der Waals surface area contributed by atoms with E-state index in [1.54, 1.807) is 0 Å². The molecule has 3 nitrogen and oxygen atoms in total. The van der Waals surface area contributed by atoms with E-state index in [1.807, 2.05) is 24.8 Å². The minimum absolute atomic E-state index is 0.943. The molecular formula is C16H21N3. The van der Waals surface area contributed by atoms with Gasteiger partial charge in [0.25, 0.3) is 0 Å². The van der Waals surface area contributed by atoms with Crippen molar-refractivity contribution in [1.82, 2.24) is 14.9 Å². The van der Waals surface area contributed by atoms with E-state index in [4.69, 9.17) is 0 Å². The van der Waals surface area contributed by atoms with Crippen molar-refractivity contribution < 1.29 is 0 Å².